The molecule has 2 aromatic rings. The molecule has 2 aromatic carbocycles. The van der Waals surface area contributed by atoms with Gasteiger partial charge in [-0.1, -0.05) is 30.3 Å². The monoisotopic (exact) mass is 303 g/mol. The Hall–Kier alpha value is -2.47. The number of nitrogens with one attached hydrogen (secondary N) is 1. The molecule has 0 bridgehead atoms. The lowest BCUT2D eigenvalue weighted by atomic mass is 10.1. The second-order valence-electron chi connectivity index (χ2n) is 5.19. The van der Waals surface area contributed by atoms with Crippen molar-refractivity contribution in [2.24, 2.45) is 0 Å². The molecule has 1 atom stereocenters. The fraction of sp³-hybridized carbons (Fsp3) is 0.250. The van der Waals surface area contributed by atoms with E-state index in [9.17, 15) is 14.5 Å². The highest BCUT2D eigenvalue weighted by molar-refractivity contribution is 5.50. The summed E-state index contributed by atoms with van der Waals surface area (Å²) in [5.74, 6) is -0.625. The zero-order valence-corrected chi connectivity index (χ0v) is 12.5. The SMILES string of the molecule is CN(C)C(CNc1ccc([N+](=O)[O-])cc1F)c1ccccc1. The van der Waals surface area contributed by atoms with Gasteiger partial charge in [-0.05, 0) is 25.7 Å². The smallest absolute Gasteiger partial charge is 0.272 e. The first kappa shape index (κ1) is 15.9. The van der Waals surface area contributed by atoms with E-state index in [0.29, 0.717) is 6.54 Å². The fourth-order valence-corrected chi connectivity index (χ4v) is 2.24. The topological polar surface area (TPSA) is 58.4 Å². The molecular formula is C16H18FN3O2. The number of non-ortho nitro benzene ring substituents is 1. The number of nitro groups is 1. The van der Waals surface area contributed by atoms with Crippen LogP contribution in [0.15, 0.2) is 48.5 Å². The minimum atomic E-state index is -0.625. The maximum Gasteiger partial charge on any atom is 0.272 e. The van der Waals surface area contributed by atoms with Crippen molar-refractivity contribution >= 4 is 11.4 Å². The predicted molar refractivity (Wildman–Crippen MR) is 84.4 cm³/mol. The van der Waals surface area contributed by atoms with E-state index in [-0.39, 0.29) is 17.4 Å². The number of hydrogen-bond acceptors (Lipinski definition) is 4. The summed E-state index contributed by atoms with van der Waals surface area (Å²) >= 11 is 0. The molecule has 0 aliphatic heterocycles. The standard InChI is InChI=1S/C16H18FN3O2/c1-19(2)16(12-6-4-3-5-7-12)11-18-15-9-8-13(20(21)22)10-14(15)17/h3-10,16,18H,11H2,1-2H3. The molecule has 6 heteroatoms. The van der Waals surface area contributed by atoms with E-state index in [2.05, 4.69) is 5.32 Å². The average Bonchev–Trinajstić information content (AvgIpc) is 2.49. The molecule has 0 heterocycles. The highest BCUT2D eigenvalue weighted by Gasteiger charge is 2.15. The predicted octanol–water partition coefficient (Wildman–Crippen LogP) is 3.45. The van der Waals surface area contributed by atoms with Gasteiger partial charge in [0.25, 0.3) is 5.69 Å². The Bertz CT molecular complexity index is 647. The first-order chi connectivity index (χ1) is 10.5. The molecular weight excluding hydrogens is 285 g/mol. The van der Waals surface area contributed by atoms with E-state index < -0.39 is 10.7 Å². The molecule has 0 aliphatic rings. The van der Waals surface area contributed by atoms with Crippen LogP contribution in [-0.2, 0) is 0 Å². The number of rotatable bonds is 6. The molecule has 0 saturated heterocycles. The van der Waals surface area contributed by atoms with E-state index in [1.807, 2.05) is 49.3 Å². The van der Waals surface area contributed by atoms with E-state index in [4.69, 9.17) is 0 Å². The number of anilines is 1. The number of benzene rings is 2. The lowest BCUT2D eigenvalue weighted by Crippen LogP contribution is -2.27. The highest BCUT2D eigenvalue weighted by Crippen LogP contribution is 2.23. The van der Waals surface area contributed by atoms with Gasteiger partial charge in [-0.25, -0.2) is 4.39 Å². The quantitative estimate of drug-likeness (QED) is 0.656. The Morgan fingerprint density at radius 1 is 1.23 bits per heavy atom. The number of hydrogen-bond donors (Lipinski definition) is 1. The molecule has 1 unspecified atom stereocenters. The summed E-state index contributed by atoms with van der Waals surface area (Å²) in [6, 6.07) is 13.6. The number of likely N-dealkylation sites (N-methyl/N-ethyl adjacent to an activating group) is 1. The van der Waals surface area contributed by atoms with Crippen LogP contribution >= 0.6 is 0 Å². The second kappa shape index (κ2) is 7.00. The third-order valence-electron chi connectivity index (χ3n) is 3.46. The Balaban J connectivity index is 2.12. The molecule has 0 saturated carbocycles. The second-order valence-corrected chi connectivity index (χ2v) is 5.19. The van der Waals surface area contributed by atoms with Crippen molar-refractivity contribution in [2.75, 3.05) is 26.0 Å². The summed E-state index contributed by atoms with van der Waals surface area (Å²) in [7, 11) is 3.90. The van der Waals surface area contributed by atoms with Gasteiger partial charge in [-0.2, -0.15) is 0 Å². The summed E-state index contributed by atoms with van der Waals surface area (Å²) in [6.45, 7) is 0.492. The lowest BCUT2D eigenvalue weighted by molar-refractivity contribution is -0.385. The molecule has 0 fully saturated rings. The van der Waals surface area contributed by atoms with Crippen molar-refractivity contribution in [3.63, 3.8) is 0 Å². The molecule has 0 radical (unpaired) electrons. The van der Waals surface area contributed by atoms with Crippen LogP contribution in [0, 0.1) is 15.9 Å². The van der Waals surface area contributed by atoms with Gasteiger partial charge < -0.3 is 10.2 Å². The Morgan fingerprint density at radius 3 is 2.45 bits per heavy atom. The maximum absolute atomic E-state index is 13.9. The molecule has 22 heavy (non-hydrogen) atoms. The summed E-state index contributed by atoms with van der Waals surface area (Å²) in [6.07, 6.45) is 0. The zero-order valence-electron chi connectivity index (χ0n) is 12.5. The fourth-order valence-electron chi connectivity index (χ4n) is 2.24. The molecule has 116 valence electrons. The first-order valence-corrected chi connectivity index (χ1v) is 6.88. The highest BCUT2D eigenvalue weighted by atomic mass is 19.1. The van der Waals surface area contributed by atoms with Crippen LogP contribution in [0.2, 0.25) is 0 Å². The number of nitrogens with zero attached hydrogens (tertiary/aromatic N) is 2. The molecule has 0 aliphatic carbocycles. The van der Waals surface area contributed by atoms with E-state index >= 15 is 0 Å². The normalized spacial score (nSPS) is 12.2. The minimum absolute atomic E-state index is 0.0655. The molecule has 2 rings (SSSR count). The van der Waals surface area contributed by atoms with Crippen molar-refractivity contribution < 1.29 is 9.31 Å². The first-order valence-electron chi connectivity index (χ1n) is 6.88. The van der Waals surface area contributed by atoms with Crippen molar-refractivity contribution in [2.45, 2.75) is 6.04 Å². The van der Waals surface area contributed by atoms with Crippen molar-refractivity contribution in [1.29, 1.82) is 0 Å². The van der Waals surface area contributed by atoms with Gasteiger partial charge >= 0.3 is 0 Å². The van der Waals surface area contributed by atoms with Crippen LogP contribution in [0.25, 0.3) is 0 Å². The summed E-state index contributed by atoms with van der Waals surface area (Å²) in [4.78, 5) is 12.0. The summed E-state index contributed by atoms with van der Waals surface area (Å²) in [5.41, 5.74) is 1.12. The Labute approximate surface area is 128 Å². The van der Waals surface area contributed by atoms with E-state index in [1.54, 1.807) is 0 Å². The van der Waals surface area contributed by atoms with Gasteiger partial charge in [-0.15, -0.1) is 0 Å². The van der Waals surface area contributed by atoms with Crippen LogP contribution in [0.1, 0.15) is 11.6 Å². The third-order valence-corrected chi connectivity index (χ3v) is 3.46. The minimum Gasteiger partial charge on any atom is -0.381 e. The third kappa shape index (κ3) is 3.79. The van der Waals surface area contributed by atoms with Crippen LogP contribution in [0.3, 0.4) is 0 Å². The average molecular weight is 303 g/mol. The number of nitro benzene ring substituents is 1. The molecule has 0 aromatic heterocycles. The Kier molecular flexibility index (Phi) is 5.06. The summed E-state index contributed by atoms with van der Waals surface area (Å²) < 4.78 is 13.9. The molecule has 0 spiro atoms. The molecule has 0 amide bonds. The van der Waals surface area contributed by atoms with Gasteiger partial charge in [0.15, 0.2) is 5.82 Å². The van der Waals surface area contributed by atoms with E-state index in [1.165, 1.54) is 12.1 Å². The van der Waals surface area contributed by atoms with Crippen molar-refractivity contribution in [3.8, 4) is 0 Å². The van der Waals surface area contributed by atoms with Gasteiger partial charge in [0.2, 0.25) is 0 Å². The van der Waals surface area contributed by atoms with Gasteiger partial charge in [0.1, 0.15) is 0 Å². The van der Waals surface area contributed by atoms with E-state index in [0.717, 1.165) is 11.6 Å². The number of halogens is 1. The van der Waals surface area contributed by atoms with Crippen molar-refractivity contribution in [1.82, 2.24) is 4.90 Å². The van der Waals surface area contributed by atoms with Gasteiger partial charge in [0.05, 0.1) is 22.7 Å². The van der Waals surface area contributed by atoms with Crippen LogP contribution in [-0.4, -0.2) is 30.5 Å². The van der Waals surface area contributed by atoms with Crippen LogP contribution in [0.5, 0.6) is 0 Å². The van der Waals surface area contributed by atoms with Crippen molar-refractivity contribution in [3.05, 3.63) is 70.0 Å². The lowest BCUT2D eigenvalue weighted by Gasteiger charge is -2.25. The van der Waals surface area contributed by atoms with Crippen LogP contribution in [0.4, 0.5) is 15.8 Å². The van der Waals surface area contributed by atoms with Gasteiger partial charge in [-0.3, -0.25) is 10.1 Å². The molecule has 1 N–H and O–H groups in total. The maximum atomic E-state index is 13.9. The van der Waals surface area contributed by atoms with Gasteiger partial charge in [0, 0.05) is 12.6 Å². The Morgan fingerprint density at radius 2 is 1.91 bits per heavy atom. The summed E-state index contributed by atoms with van der Waals surface area (Å²) in [5, 5.41) is 13.6. The zero-order chi connectivity index (χ0) is 16.1. The largest absolute Gasteiger partial charge is 0.381 e. The van der Waals surface area contributed by atoms with Crippen LogP contribution < -0.4 is 5.32 Å². The molecule has 5 nitrogen and oxygen atoms in total.